The molecule has 1 aliphatic carbocycles. The Kier molecular flexibility index (Phi) is 2.97. The third-order valence-electron chi connectivity index (χ3n) is 3.62. The number of anilines is 1. The van der Waals surface area contributed by atoms with Gasteiger partial charge in [0.25, 0.3) is 0 Å². The summed E-state index contributed by atoms with van der Waals surface area (Å²) in [6, 6.07) is 5.64. The molecular formula is C14H15FN2O2. The summed E-state index contributed by atoms with van der Waals surface area (Å²) in [6.07, 6.45) is 2.30. The van der Waals surface area contributed by atoms with E-state index in [9.17, 15) is 14.0 Å². The van der Waals surface area contributed by atoms with Gasteiger partial charge in [-0.2, -0.15) is 0 Å². The van der Waals surface area contributed by atoms with E-state index < -0.39 is 11.8 Å². The largest absolute Gasteiger partial charge is 0.332 e. The highest BCUT2D eigenvalue weighted by atomic mass is 19.1. The first-order valence-corrected chi connectivity index (χ1v) is 6.51. The van der Waals surface area contributed by atoms with Gasteiger partial charge in [0.15, 0.2) is 0 Å². The van der Waals surface area contributed by atoms with Crippen LogP contribution in [0.15, 0.2) is 24.3 Å². The van der Waals surface area contributed by atoms with E-state index in [0.717, 1.165) is 12.8 Å². The van der Waals surface area contributed by atoms with Crippen molar-refractivity contribution in [2.75, 3.05) is 24.5 Å². The monoisotopic (exact) mass is 262 g/mol. The van der Waals surface area contributed by atoms with Crippen LogP contribution in [0, 0.1) is 11.7 Å². The summed E-state index contributed by atoms with van der Waals surface area (Å²) >= 11 is 0. The van der Waals surface area contributed by atoms with E-state index in [0.29, 0.717) is 31.2 Å². The van der Waals surface area contributed by atoms with E-state index >= 15 is 0 Å². The Labute approximate surface area is 110 Å². The van der Waals surface area contributed by atoms with E-state index in [2.05, 4.69) is 0 Å². The molecule has 2 aliphatic rings. The standard InChI is InChI=1S/C14H15FN2O2/c15-11-3-5-12(6-4-11)17-8-7-16(9-10-1-2-10)13(18)14(17)19/h3-6,10H,1-2,7-9H2. The van der Waals surface area contributed by atoms with Crippen LogP contribution in [0.25, 0.3) is 0 Å². The molecule has 0 bridgehead atoms. The lowest BCUT2D eigenvalue weighted by Crippen LogP contribution is -2.54. The van der Waals surface area contributed by atoms with Gasteiger partial charge in [0.05, 0.1) is 0 Å². The highest BCUT2D eigenvalue weighted by Gasteiger charge is 2.36. The molecule has 0 radical (unpaired) electrons. The van der Waals surface area contributed by atoms with Crippen molar-refractivity contribution in [3.8, 4) is 0 Å². The van der Waals surface area contributed by atoms with Crippen LogP contribution < -0.4 is 4.90 Å². The first-order chi connectivity index (χ1) is 9.15. The summed E-state index contributed by atoms with van der Waals surface area (Å²) in [7, 11) is 0. The number of halogens is 1. The van der Waals surface area contributed by atoms with Crippen LogP contribution in [0.1, 0.15) is 12.8 Å². The average Bonchev–Trinajstić information content (AvgIpc) is 3.21. The van der Waals surface area contributed by atoms with Crippen LogP contribution in [0.2, 0.25) is 0 Å². The van der Waals surface area contributed by atoms with Crippen molar-refractivity contribution in [1.29, 1.82) is 0 Å². The van der Waals surface area contributed by atoms with Crippen molar-refractivity contribution >= 4 is 17.5 Å². The lowest BCUT2D eigenvalue weighted by Gasteiger charge is -2.33. The van der Waals surface area contributed by atoms with Gasteiger partial charge >= 0.3 is 11.8 Å². The SMILES string of the molecule is O=C1C(=O)N(c2ccc(F)cc2)CCN1CC1CC1. The zero-order chi connectivity index (χ0) is 13.4. The topological polar surface area (TPSA) is 40.6 Å². The van der Waals surface area contributed by atoms with E-state index in [1.807, 2.05) is 0 Å². The fourth-order valence-corrected chi connectivity index (χ4v) is 2.33. The Morgan fingerprint density at radius 3 is 2.37 bits per heavy atom. The molecular weight excluding hydrogens is 247 g/mol. The van der Waals surface area contributed by atoms with E-state index in [1.54, 1.807) is 4.90 Å². The third kappa shape index (κ3) is 2.45. The Morgan fingerprint density at radius 1 is 1.05 bits per heavy atom. The number of nitrogens with zero attached hydrogens (tertiary/aromatic N) is 2. The Balaban J connectivity index is 1.73. The number of carbonyl (C=O) groups excluding carboxylic acids is 2. The van der Waals surface area contributed by atoms with Gasteiger partial charge in [-0.05, 0) is 43.0 Å². The predicted molar refractivity (Wildman–Crippen MR) is 68.1 cm³/mol. The molecule has 0 unspecified atom stereocenters. The molecule has 1 aromatic carbocycles. The van der Waals surface area contributed by atoms with Crippen LogP contribution in [-0.4, -0.2) is 36.3 Å². The van der Waals surface area contributed by atoms with Gasteiger partial charge in [-0.1, -0.05) is 0 Å². The van der Waals surface area contributed by atoms with Crippen molar-refractivity contribution < 1.29 is 14.0 Å². The first-order valence-electron chi connectivity index (χ1n) is 6.51. The highest BCUT2D eigenvalue weighted by molar-refractivity contribution is 6.40. The first kappa shape index (κ1) is 12.1. The summed E-state index contributed by atoms with van der Waals surface area (Å²) in [6.45, 7) is 1.73. The second-order valence-corrected chi connectivity index (χ2v) is 5.13. The predicted octanol–water partition coefficient (Wildman–Crippen LogP) is 1.41. The van der Waals surface area contributed by atoms with Crippen molar-refractivity contribution in [3.05, 3.63) is 30.1 Å². The molecule has 2 fully saturated rings. The molecule has 1 aliphatic heterocycles. The third-order valence-corrected chi connectivity index (χ3v) is 3.62. The van der Waals surface area contributed by atoms with Gasteiger partial charge in [0, 0.05) is 25.3 Å². The maximum absolute atomic E-state index is 12.9. The van der Waals surface area contributed by atoms with Crippen LogP contribution >= 0.6 is 0 Å². The van der Waals surface area contributed by atoms with Gasteiger partial charge in [0.1, 0.15) is 5.82 Å². The minimum atomic E-state index is -0.515. The molecule has 19 heavy (non-hydrogen) atoms. The average molecular weight is 262 g/mol. The maximum Gasteiger partial charge on any atom is 0.316 e. The lowest BCUT2D eigenvalue weighted by molar-refractivity contribution is -0.146. The molecule has 1 saturated heterocycles. The van der Waals surface area contributed by atoms with Crippen molar-refractivity contribution in [2.45, 2.75) is 12.8 Å². The second kappa shape index (κ2) is 4.64. The Hall–Kier alpha value is -1.91. The van der Waals surface area contributed by atoms with Crippen molar-refractivity contribution in [1.82, 2.24) is 4.90 Å². The molecule has 1 aromatic rings. The van der Waals surface area contributed by atoms with E-state index in [1.165, 1.54) is 29.2 Å². The number of hydrogen-bond acceptors (Lipinski definition) is 2. The fourth-order valence-electron chi connectivity index (χ4n) is 2.33. The smallest absolute Gasteiger partial charge is 0.316 e. The molecule has 100 valence electrons. The summed E-state index contributed by atoms with van der Waals surface area (Å²) in [4.78, 5) is 27.1. The van der Waals surface area contributed by atoms with Crippen LogP contribution in [0.3, 0.4) is 0 Å². The van der Waals surface area contributed by atoms with Crippen molar-refractivity contribution in [3.63, 3.8) is 0 Å². The highest BCUT2D eigenvalue weighted by Crippen LogP contribution is 2.30. The number of rotatable bonds is 3. The van der Waals surface area contributed by atoms with Crippen LogP contribution in [0.5, 0.6) is 0 Å². The summed E-state index contributed by atoms with van der Waals surface area (Å²) in [5.41, 5.74) is 0.575. The van der Waals surface area contributed by atoms with Gasteiger partial charge < -0.3 is 9.80 Å². The zero-order valence-corrected chi connectivity index (χ0v) is 10.5. The van der Waals surface area contributed by atoms with Gasteiger partial charge in [-0.15, -0.1) is 0 Å². The Morgan fingerprint density at radius 2 is 1.74 bits per heavy atom. The van der Waals surface area contributed by atoms with Crippen LogP contribution in [0.4, 0.5) is 10.1 Å². The molecule has 3 rings (SSSR count). The molecule has 4 nitrogen and oxygen atoms in total. The minimum absolute atomic E-state index is 0.352. The molecule has 2 amide bonds. The molecule has 1 saturated carbocycles. The molecule has 1 heterocycles. The number of piperazine rings is 1. The Bertz CT molecular complexity index is 511. The second-order valence-electron chi connectivity index (χ2n) is 5.13. The number of hydrogen-bond donors (Lipinski definition) is 0. The fraction of sp³-hybridized carbons (Fsp3) is 0.429. The number of carbonyl (C=O) groups is 2. The molecule has 0 spiro atoms. The normalized spacial score (nSPS) is 20.1. The number of benzene rings is 1. The summed E-state index contributed by atoms with van der Waals surface area (Å²) in [5.74, 6) is -0.731. The summed E-state index contributed by atoms with van der Waals surface area (Å²) < 4.78 is 12.9. The zero-order valence-electron chi connectivity index (χ0n) is 10.5. The quantitative estimate of drug-likeness (QED) is 0.773. The van der Waals surface area contributed by atoms with E-state index in [-0.39, 0.29) is 5.82 Å². The molecule has 0 N–H and O–H groups in total. The summed E-state index contributed by atoms with van der Waals surface area (Å²) in [5, 5.41) is 0. The lowest BCUT2D eigenvalue weighted by atomic mass is 10.2. The molecule has 0 aromatic heterocycles. The molecule has 0 atom stereocenters. The van der Waals surface area contributed by atoms with E-state index in [4.69, 9.17) is 0 Å². The van der Waals surface area contributed by atoms with Gasteiger partial charge in [-0.25, -0.2) is 4.39 Å². The minimum Gasteiger partial charge on any atom is -0.332 e. The molecule has 5 heteroatoms. The van der Waals surface area contributed by atoms with Crippen LogP contribution in [-0.2, 0) is 9.59 Å². The van der Waals surface area contributed by atoms with Gasteiger partial charge in [-0.3, -0.25) is 9.59 Å². The maximum atomic E-state index is 12.9. The van der Waals surface area contributed by atoms with Gasteiger partial charge in [0.2, 0.25) is 0 Å². The van der Waals surface area contributed by atoms with Crippen molar-refractivity contribution in [2.24, 2.45) is 5.92 Å². The number of amides is 2.